The lowest BCUT2D eigenvalue weighted by Crippen LogP contribution is -2.43. The van der Waals surface area contributed by atoms with Crippen LogP contribution in [0.4, 0.5) is 33.8 Å². The molecule has 5 rings (SSSR count). The minimum atomic E-state index is -0.109. The molecule has 10 heteroatoms. The topological polar surface area (TPSA) is 89.5 Å². The van der Waals surface area contributed by atoms with Gasteiger partial charge in [-0.05, 0) is 51.5 Å². The molecule has 1 amide bonds. The number of nitrogens with one attached hydrogen (secondary N) is 2. The molecule has 0 radical (unpaired) electrons. The first-order valence-electron chi connectivity index (χ1n) is 11.8. The van der Waals surface area contributed by atoms with Crippen LogP contribution in [0.2, 0.25) is 0 Å². The Labute approximate surface area is 203 Å². The number of nitrogens with zero attached hydrogens (tertiary/aromatic N) is 6. The van der Waals surface area contributed by atoms with Gasteiger partial charge in [0.15, 0.2) is 11.5 Å². The number of aryl methyl sites for hydroxylation is 2. The zero-order valence-corrected chi connectivity index (χ0v) is 20.9. The molecule has 1 aromatic carbocycles. The second-order valence-corrected chi connectivity index (χ2v) is 9.63. The first-order chi connectivity index (χ1) is 16.5. The largest absolute Gasteiger partial charge is 0.369 e. The summed E-state index contributed by atoms with van der Waals surface area (Å²) in [6.45, 7) is 13.3. The normalized spacial score (nSPS) is 15.8. The Kier molecular flexibility index (Phi) is 6.09. The van der Waals surface area contributed by atoms with Gasteiger partial charge in [0.2, 0.25) is 5.95 Å². The fourth-order valence-electron chi connectivity index (χ4n) is 4.52. The van der Waals surface area contributed by atoms with Gasteiger partial charge in [-0.3, -0.25) is 4.79 Å². The van der Waals surface area contributed by atoms with Crippen molar-refractivity contribution >= 4 is 51.1 Å². The first-order valence-corrected chi connectivity index (χ1v) is 12.6. The SMILES string of the molecule is CCN1C(=O)c2nc(C)sc2N(CC)c2nc(Nc3ccc(N4CCNCC4)cc3C)ncc21. The fraction of sp³-hybridized carbons (Fsp3) is 0.417. The molecular formula is C24H30N8OS. The maximum absolute atomic E-state index is 13.3. The van der Waals surface area contributed by atoms with Crippen molar-refractivity contribution in [3.05, 3.63) is 40.7 Å². The minimum absolute atomic E-state index is 0.109. The highest BCUT2D eigenvalue weighted by Crippen LogP contribution is 2.42. The lowest BCUT2D eigenvalue weighted by molar-refractivity contribution is 0.0985. The summed E-state index contributed by atoms with van der Waals surface area (Å²) in [7, 11) is 0. The molecule has 2 aliphatic heterocycles. The number of carbonyl (C=O) groups is 1. The van der Waals surface area contributed by atoms with Crippen LogP contribution in [0.3, 0.4) is 0 Å². The highest BCUT2D eigenvalue weighted by atomic mass is 32.1. The van der Waals surface area contributed by atoms with Crippen LogP contribution in [0.1, 0.15) is 34.9 Å². The summed E-state index contributed by atoms with van der Waals surface area (Å²) >= 11 is 1.52. The molecule has 34 heavy (non-hydrogen) atoms. The predicted octanol–water partition coefficient (Wildman–Crippen LogP) is 3.84. The van der Waals surface area contributed by atoms with E-state index in [1.54, 1.807) is 11.1 Å². The first kappa shape index (κ1) is 22.5. The second kappa shape index (κ2) is 9.19. The molecule has 2 N–H and O–H groups in total. The Morgan fingerprint density at radius 1 is 1.09 bits per heavy atom. The second-order valence-electron chi connectivity index (χ2n) is 8.44. The van der Waals surface area contributed by atoms with Gasteiger partial charge in [0.05, 0.1) is 11.2 Å². The van der Waals surface area contributed by atoms with Gasteiger partial charge < -0.3 is 25.3 Å². The molecule has 0 spiro atoms. The van der Waals surface area contributed by atoms with Gasteiger partial charge in [-0.15, -0.1) is 11.3 Å². The Morgan fingerprint density at radius 3 is 2.56 bits per heavy atom. The zero-order valence-electron chi connectivity index (χ0n) is 20.1. The molecule has 0 aliphatic carbocycles. The van der Waals surface area contributed by atoms with Gasteiger partial charge in [-0.2, -0.15) is 4.98 Å². The summed E-state index contributed by atoms with van der Waals surface area (Å²) in [5.74, 6) is 1.11. The summed E-state index contributed by atoms with van der Waals surface area (Å²) in [4.78, 5) is 33.4. The average Bonchev–Trinajstić information content (AvgIpc) is 3.20. The molecule has 3 aromatic rings. The van der Waals surface area contributed by atoms with E-state index in [0.29, 0.717) is 36.2 Å². The van der Waals surface area contributed by atoms with Crippen molar-refractivity contribution in [3.63, 3.8) is 0 Å². The number of benzene rings is 1. The van der Waals surface area contributed by atoms with Crippen molar-refractivity contribution in [2.24, 2.45) is 0 Å². The molecule has 0 bridgehead atoms. The van der Waals surface area contributed by atoms with Crippen LogP contribution in [0.5, 0.6) is 0 Å². The van der Waals surface area contributed by atoms with Crippen LogP contribution >= 0.6 is 11.3 Å². The van der Waals surface area contributed by atoms with E-state index in [0.717, 1.165) is 47.4 Å². The van der Waals surface area contributed by atoms with Crippen LogP contribution in [-0.2, 0) is 0 Å². The van der Waals surface area contributed by atoms with Crippen molar-refractivity contribution < 1.29 is 4.79 Å². The maximum Gasteiger partial charge on any atom is 0.280 e. The number of hydrogen-bond donors (Lipinski definition) is 2. The van der Waals surface area contributed by atoms with Gasteiger partial charge >= 0.3 is 0 Å². The standard InChI is InChI=1S/C24H30N8OS/c1-5-31-19-14-26-24(28-18-8-7-17(13-15(18)3)30-11-9-25-10-12-30)29-21(19)32(6-2)23-20(22(31)33)27-16(4)34-23/h7-8,13-14,25H,5-6,9-12H2,1-4H3,(H,26,28,29). The van der Waals surface area contributed by atoms with E-state index in [9.17, 15) is 4.79 Å². The van der Waals surface area contributed by atoms with Gasteiger partial charge in [0.1, 0.15) is 10.7 Å². The summed E-state index contributed by atoms with van der Waals surface area (Å²) in [5.41, 5.74) is 4.52. The van der Waals surface area contributed by atoms with Crippen LogP contribution < -0.4 is 25.3 Å². The third-order valence-electron chi connectivity index (χ3n) is 6.28. The van der Waals surface area contributed by atoms with E-state index >= 15 is 0 Å². The summed E-state index contributed by atoms with van der Waals surface area (Å²) in [6, 6.07) is 6.44. The van der Waals surface area contributed by atoms with E-state index in [1.807, 2.05) is 13.8 Å². The Balaban J connectivity index is 1.49. The number of piperazine rings is 1. The van der Waals surface area contributed by atoms with Crippen molar-refractivity contribution in [2.75, 3.05) is 59.3 Å². The van der Waals surface area contributed by atoms with Crippen molar-refractivity contribution in [2.45, 2.75) is 27.7 Å². The number of anilines is 6. The monoisotopic (exact) mass is 478 g/mol. The minimum Gasteiger partial charge on any atom is -0.369 e. The number of thiazole rings is 1. The summed E-state index contributed by atoms with van der Waals surface area (Å²) in [5, 5.41) is 8.49. The predicted molar refractivity (Wildman–Crippen MR) is 138 cm³/mol. The average molecular weight is 479 g/mol. The number of carbonyl (C=O) groups excluding carboxylic acids is 1. The molecule has 9 nitrogen and oxygen atoms in total. The molecule has 0 atom stereocenters. The molecule has 4 heterocycles. The quantitative estimate of drug-likeness (QED) is 0.572. The molecule has 1 fully saturated rings. The van der Waals surface area contributed by atoms with Gasteiger partial charge in [0, 0.05) is 50.6 Å². The Bertz CT molecular complexity index is 1220. The van der Waals surface area contributed by atoms with Gasteiger partial charge in [-0.25, -0.2) is 9.97 Å². The third kappa shape index (κ3) is 3.97. The lowest BCUT2D eigenvalue weighted by Gasteiger charge is -2.30. The lowest BCUT2D eigenvalue weighted by atomic mass is 10.1. The zero-order chi connectivity index (χ0) is 23.8. The number of fused-ring (bicyclic) bond motifs is 2. The molecule has 0 saturated carbocycles. The van der Waals surface area contributed by atoms with Crippen LogP contribution in [0.25, 0.3) is 0 Å². The smallest absolute Gasteiger partial charge is 0.280 e. The Morgan fingerprint density at radius 2 is 1.85 bits per heavy atom. The van der Waals surface area contributed by atoms with Crippen molar-refractivity contribution in [3.8, 4) is 0 Å². The number of amides is 1. The number of aromatic nitrogens is 3. The van der Waals surface area contributed by atoms with Crippen molar-refractivity contribution in [1.29, 1.82) is 0 Å². The van der Waals surface area contributed by atoms with E-state index in [4.69, 9.17) is 4.98 Å². The van der Waals surface area contributed by atoms with Crippen LogP contribution in [0, 0.1) is 13.8 Å². The van der Waals surface area contributed by atoms with E-state index in [-0.39, 0.29) is 5.91 Å². The molecule has 1 saturated heterocycles. The maximum atomic E-state index is 13.3. The molecular weight excluding hydrogens is 448 g/mol. The summed E-state index contributed by atoms with van der Waals surface area (Å²) < 4.78 is 0. The van der Waals surface area contributed by atoms with Crippen molar-refractivity contribution in [1.82, 2.24) is 20.3 Å². The van der Waals surface area contributed by atoms with Crippen LogP contribution in [-0.4, -0.2) is 60.1 Å². The molecule has 2 aromatic heterocycles. The molecule has 0 unspecified atom stereocenters. The highest BCUT2D eigenvalue weighted by Gasteiger charge is 2.34. The van der Waals surface area contributed by atoms with E-state index in [1.165, 1.54) is 17.0 Å². The summed E-state index contributed by atoms with van der Waals surface area (Å²) in [6.07, 6.45) is 1.74. The van der Waals surface area contributed by atoms with Gasteiger partial charge in [0.25, 0.3) is 5.91 Å². The highest BCUT2D eigenvalue weighted by molar-refractivity contribution is 7.16. The number of hydrogen-bond acceptors (Lipinski definition) is 9. The molecule has 178 valence electrons. The van der Waals surface area contributed by atoms with E-state index < -0.39 is 0 Å². The third-order valence-corrected chi connectivity index (χ3v) is 7.27. The van der Waals surface area contributed by atoms with Crippen LogP contribution in [0.15, 0.2) is 24.4 Å². The number of rotatable bonds is 5. The van der Waals surface area contributed by atoms with E-state index in [2.05, 4.69) is 62.4 Å². The Hall–Kier alpha value is -3.24. The van der Waals surface area contributed by atoms with Gasteiger partial charge in [-0.1, -0.05) is 0 Å². The molecule has 2 aliphatic rings. The fourth-order valence-corrected chi connectivity index (χ4v) is 5.50.